The second kappa shape index (κ2) is 5.58. The topological polar surface area (TPSA) is 68.8 Å². The Hall–Kier alpha value is -1.69. The molecule has 0 saturated heterocycles. The molecule has 0 aromatic carbocycles. The molecule has 6 heteroatoms. The van der Waals surface area contributed by atoms with E-state index in [-0.39, 0.29) is 0 Å². The third-order valence-electron chi connectivity index (χ3n) is 2.45. The Kier molecular flexibility index (Phi) is 3.87. The van der Waals surface area contributed by atoms with Gasteiger partial charge in [0, 0.05) is 37.3 Å². The number of nitrogens with one attached hydrogen (secondary N) is 1. The Labute approximate surface area is 100 Å². The van der Waals surface area contributed by atoms with Gasteiger partial charge in [0.05, 0.1) is 6.20 Å². The zero-order valence-electron chi connectivity index (χ0n) is 10.1. The Morgan fingerprint density at radius 2 is 2.35 bits per heavy atom. The van der Waals surface area contributed by atoms with Gasteiger partial charge in [0.25, 0.3) is 0 Å². The van der Waals surface area contributed by atoms with Gasteiger partial charge in [0.2, 0.25) is 6.39 Å². The van der Waals surface area contributed by atoms with Crippen molar-refractivity contribution in [1.82, 2.24) is 25.2 Å². The van der Waals surface area contributed by atoms with Crippen LogP contribution in [0.2, 0.25) is 0 Å². The molecule has 6 nitrogen and oxygen atoms in total. The third-order valence-corrected chi connectivity index (χ3v) is 2.45. The molecule has 1 N–H and O–H groups in total. The van der Waals surface area contributed by atoms with Gasteiger partial charge in [-0.1, -0.05) is 5.16 Å². The first kappa shape index (κ1) is 11.8. The second-order valence-corrected chi connectivity index (χ2v) is 4.20. The first-order chi connectivity index (χ1) is 8.25. The predicted molar refractivity (Wildman–Crippen MR) is 62.3 cm³/mol. The van der Waals surface area contributed by atoms with Gasteiger partial charge in [-0.2, -0.15) is 10.1 Å². The lowest BCUT2D eigenvalue weighted by atomic mass is 10.3. The van der Waals surface area contributed by atoms with Crippen molar-refractivity contribution in [3.05, 3.63) is 30.2 Å². The van der Waals surface area contributed by atoms with Gasteiger partial charge in [0.1, 0.15) is 0 Å². The fourth-order valence-corrected chi connectivity index (χ4v) is 1.49. The van der Waals surface area contributed by atoms with E-state index in [9.17, 15) is 0 Å². The molecular formula is C11H17N5O. The number of hydrogen-bond acceptors (Lipinski definition) is 5. The van der Waals surface area contributed by atoms with Crippen molar-refractivity contribution in [3.63, 3.8) is 0 Å². The van der Waals surface area contributed by atoms with Crippen LogP contribution in [-0.2, 0) is 13.0 Å². The molecule has 0 bridgehead atoms. The molecule has 0 aliphatic rings. The summed E-state index contributed by atoms with van der Waals surface area (Å²) < 4.78 is 6.61. The summed E-state index contributed by atoms with van der Waals surface area (Å²) >= 11 is 0. The quantitative estimate of drug-likeness (QED) is 0.761. The second-order valence-electron chi connectivity index (χ2n) is 4.20. The van der Waals surface area contributed by atoms with E-state index in [0.29, 0.717) is 6.04 Å². The van der Waals surface area contributed by atoms with Crippen LogP contribution in [0.3, 0.4) is 0 Å². The van der Waals surface area contributed by atoms with E-state index < -0.39 is 0 Å². The highest BCUT2D eigenvalue weighted by Crippen LogP contribution is 2.04. The van der Waals surface area contributed by atoms with Crippen molar-refractivity contribution in [1.29, 1.82) is 0 Å². The molecule has 17 heavy (non-hydrogen) atoms. The van der Waals surface area contributed by atoms with Gasteiger partial charge >= 0.3 is 0 Å². The molecule has 92 valence electrons. The van der Waals surface area contributed by atoms with Crippen molar-refractivity contribution in [2.45, 2.75) is 32.9 Å². The lowest BCUT2D eigenvalue weighted by molar-refractivity contribution is 0.409. The maximum Gasteiger partial charge on any atom is 0.213 e. The summed E-state index contributed by atoms with van der Waals surface area (Å²) in [5.74, 6) is 0.732. The van der Waals surface area contributed by atoms with E-state index in [1.165, 1.54) is 12.0 Å². The number of aromatic nitrogens is 4. The van der Waals surface area contributed by atoms with E-state index in [1.54, 1.807) is 0 Å². The zero-order chi connectivity index (χ0) is 12.1. The Morgan fingerprint density at radius 1 is 1.47 bits per heavy atom. The lowest BCUT2D eigenvalue weighted by Crippen LogP contribution is -2.16. The molecule has 0 atom stereocenters. The van der Waals surface area contributed by atoms with Crippen LogP contribution in [0.5, 0.6) is 0 Å². The Bertz CT molecular complexity index is 434. The number of hydrogen-bond donors (Lipinski definition) is 1. The molecule has 0 aliphatic heterocycles. The molecule has 0 saturated carbocycles. The van der Waals surface area contributed by atoms with E-state index in [0.717, 1.165) is 25.3 Å². The Morgan fingerprint density at radius 3 is 3.00 bits per heavy atom. The monoisotopic (exact) mass is 235 g/mol. The van der Waals surface area contributed by atoms with Gasteiger partial charge < -0.3 is 9.84 Å². The SMILES string of the molecule is CC(C)n1cc(CNCCc2ncon2)cn1. The molecule has 2 aromatic rings. The van der Waals surface area contributed by atoms with Gasteiger partial charge in [-0.05, 0) is 13.8 Å². The van der Waals surface area contributed by atoms with Crippen LogP contribution in [0.1, 0.15) is 31.3 Å². The molecule has 0 unspecified atom stereocenters. The van der Waals surface area contributed by atoms with Gasteiger partial charge in [0.15, 0.2) is 5.82 Å². The van der Waals surface area contributed by atoms with Crippen LogP contribution in [-0.4, -0.2) is 26.5 Å². The highest BCUT2D eigenvalue weighted by molar-refractivity contribution is 5.03. The van der Waals surface area contributed by atoms with Crippen LogP contribution in [0.4, 0.5) is 0 Å². The van der Waals surface area contributed by atoms with Crippen molar-refractivity contribution < 1.29 is 4.52 Å². The molecule has 2 heterocycles. The third kappa shape index (κ3) is 3.39. The lowest BCUT2D eigenvalue weighted by Gasteiger charge is -2.03. The summed E-state index contributed by atoms with van der Waals surface area (Å²) in [7, 11) is 0. The maximum absolute atomic E-state index is 4.66. The molecule has 0 amide bonds. The predicted octanol–water partition coefficient (Wildman–Crippen LogP) is 1.18. The van der Waals surface area contributed by atoms with Gasteiger partial charge in [-0.15, -0.1) is 0 Å². The first-order valence-electron chi connectivity index (χ1n) is 5.74. The minimum Gasteiger partial charge on any atom is -0.343 e. The minimum atomic E-state index is 0.406. The van der Waals surface area contributed by atoms with E-state index >= 15 is 0 Å². The van der Waals surface area contributed by atoms with Crippen LogP contribution in [0.15, 0.2) is 23.3 Å². The highest BCUT2D eigenvalue weighted by atomic mass is 16.5. The molecule has 0 aliphatic carbocycles. The van der Waals surface area contributed by atoms with E-state index in [2.05, 4.69) is 45.1 Å². The fourth-order valence-electron chi connectivity index (χ4n) is 1.49. The molecule has 0 spiro atoms. The van der Waals surface area contributed by atoms with Crippen LogP contribution in [0, 0.1) is 0 Å². The van der Waals surface area contributed by atoms with Crippen molar-refractivity contribution >= 4 is 0 Å². The fraction of sp³-hybridized carbons (Fsp3) is 0.545. The average molecular weight is 235 g/mol. The molecule has 2 aromatic heterocycles. The van der Waals surface area contributed by atoms with Crippen molar-refractivity contribution in [2.75, 3.05) is 6.54 Å². The summed E-state index contributed by atoms with van der Waals surface area (Å²) in [6.07, 6.45) is 6.07. The standard InChI is InChI=1S/C11H17N5O/c1-9(2)16-7-10(6-14-16)5-12-4-3-11-13-8-17-15-11/h6-9,12H,3-5H2,1-2H3. The van der Waals surface area contributed by atoms with Gasteiger partial charge in [-0.3, -0.25) is 4.68 Å². The summed E-state index contributed by atoms with van der Waals surface area (Å²) in [5.41, 5.74) is 1.19. The van der Waals surface area contributed by atoms with Crippen LogP contribution >= 0.6 is 0 Å². The summed E-state index contributed by atoms with van der Waals surface area (Å²) in [4.78, 5) is 3.95. The summed E-state index contributed by atoms with van der Waals surface area (Å²) in [5, 5.41) is 11.3. The summed E-state index contributed by atoms with van der Waals surface area (Å²) in [6.45, 7) is 5.86. The largest absolute Gasteiger partial charge is 0.343 e. The van der Waals surface area contributed by atoms with Gasteiger partial charge in [-0.25, -0.2) is 0 Å². The van der Waals surface area contributed by atoms with Crippen LogP contribution < -0.4 is 5.32 Å². The molecule has 2 rings (SSSR count). The van der Waals surface area contributed by atoms with Crippen LogP contribution in [0.25, 0.3) is 0 Å². The van der Waals surface area contributed by atoms with E-state index in [1.807, 2.05) is 10.9 Å². The highest BCUT2D eigenvalue weighted by Gasteiger charge is 2.02. The smallest absolute Gasteiger partial charge is 0.213 e. The molecule has 0 fully saturated rings. The molecule has 0 radical (unpaired) electrons. The zero-order valence-corrected chi connectivity index (χ0v) is 10.1. The number of rotatable bonds is 6. The van der Waals surface area contributed by atoms with Crippen molar-refractivity contribution in [3.8, 4) is 0 Å². The van der Waals surface area contributed by atoms with E-state index in [4.69, 9.17) is 0 Å². The Balaban J connectivity index is 1.71. The number of nitrogens with zero attached hydrogens (tertiary/aromatic N) is 4. The average Bonchev–Trinajstić information content (AvgIpc) is 2.96. The first-order valence-corrected chi connectivity index (χ1v) is 5.74. The van der Waals surface area contributed by atoms with Crippen molar-refractivity contribution in [2.24, 2.45) is 0 Å². The normalized spacial score (nSPS) is 11.2. The molecular weight excluding hydrogens is 218 g/mol. The summed E-state index contributed by atoms with van der Waals surface area (Å²) in [6, 6.07) is 0.406. The minimum absolute atomic E-state index is 0.406. The maximum atomic E-state index is 4.66.